The Labute approximate surface area is 132 Å². The van der Waals surface area contributed by atoms with E-state index < -0.39 is 5.76 Å². The molecule has 5 nitrogen and oxygen atoms in total. The molecular weight excluding hydrogens is 292 g/mol. The van der Waals surface area contributed by atoms with Crippen molar-refractivity contribution >= 4 is 22.7 Å². The first kappa shape index (κ1) is 13.8. The third-order valence-corrected chi connectivity index (χ3v) is 4.34. The van der Waals surface area contributed by atoms with Crippen LogP contribution < -0.4 is 10.7 Å². The molecule has 0 N–H and O–H groups in total. The third kappa shape index (κ3) is 2.16. The number of anilines is 1. The van der Waals surface area contributed by atoms with Gasteiger partial charge in [-0.2, -0.15) is 0 Å². The summed E-state index contributed by atoms with van der Waals surface area (Å²) in [6.45, 7) is 2.00. The number of rotatable bonds is 2. The van der Waals surface area contributed by atoms with Gasteiger partial charge in [-0.3, -0.25) is 9.36 Å². The second-order valence-corrected chi connectivity index (χ2v) is 5.87. The molecule has 0 radical (unpaired) electrons. The van der Waals surface area contributed by atoms with E-state index in [1.807, 2.05) is 37.3 Å². The quantitative estimate of drug-likeness (QED) is 0.731. The molecule has 0 spiro atoms. The van der Waals surface area contributed by atoms with Gasteiger partial charge in [-0.25, -0.2) is 4.79 Å². The van der Waals surface area contributed by atoms with Gasteiger partial charge in [-0.05, 0) is 37.1 Å². The Balaban J connectivity index is 1.70. The standard InChI is InChI=1S/C18H16N2O3/c1-12-10-13-6-2-3-7-14(13)20(12)17(21)11-19-15-8-4-5-9-16(15)23-18(19)22/h2-9,12H,10-11H2,1H3/t12-/m0/s1. The average Bonchev–Trinajstić information content (AvgIpc) is 3.04. The zero-order valence-corrected chi connectivity index (χ0v) is 12.7. The number of carbonyl (C=O) groups is 1. The number of benzene rings is 2. The topological polar surface area (TPSA) is 55.5 Å². The van der Waals surface area contributed by atoms with E-state index in [4.69, 9.17) is 4.42 Å². The molecule has 0 bridgehead atoms. The maximum Gasteiger partial charge on any atom is 0.420 e. The molecule has 2 aromatic carbocycles. The van der Waals surface area contributed by atoms with E-state index >= 15 is 0 Å². The largest absolute Gasteiger partial charge is 0.420 e. The molecule has 0 fully saturated rings. The Morgan fingerprint density at radius 2 is 1.91 bits per heavy atom. The molecule has 1 aromatic heterocycles. The Hall–Kier alpha value is -2.82. The summed E-state index contributed by atoms with van der Waals surface area (Å²) in [5, 5.41) is 0. The van der Waals surface area contributed by atoms with Crippen molar-refractivity contribution in [1.82, 2.24) is 4.57 Å². The molecular formula is C18H16N2O3. The van der Waals surface area contributed by atoms with Crippen molar-refractivity contribution in [3.8, 4) is 0 Å². The maximum absolute atomic E-state index is 12.8. The predicted molar refractivity (Wildman–Crippen MR) is 87.6 cm³/mol. The second kappa shape index (κ2) is 5.12. The third-order valence-electron chi connectivity index (χ3n) is 4.34. The molecule has 116 valence electrons. The highest BCUT2D eigenvalue weighted by Crippen LogP contribution is 2.32. The lowest BCUT2D eigenvalue weighted by Gasteiger charge is -2.22. The Morgan fingerprint density at radius 3 is 2.78 bits per heavy atom. The minimum Gasteiger partial charge on any atom is -0.408 e. The fraction of sp³-hybridized carbons (Fsp3) is 0.222. The van der Waals surface area contributed by atoms with Crippen LogP contribution in [0.5, 0.6) is 0 Å². The SMILES string of the molecule is C[C@H]1Cc2ccccc2N1C(=O)Cn1c(=O)oc2ccccc21. The molecule has 1 atom stereocenters. The van der Waals surface area contributed by atoms with E-state index in [2.05, 4.69) is 0 Å². The molecule has 23 heavy (non-hydrogen) atoms. The van der Waals surface area contributed by atoms with Gasteiger partial charge in [0.2, 0.25) is 5.91 Å². The van der Waals surface area contributed by atoms with Gasteiger partial charge >= 0.3 is 5.76 Å². The highest BCUT2D eigenvalue weighted by Gasteiger charge is 2.31. The summed E-state index contributed by atoms with van der Waals surface area (Å²) in [5.41, 5.74) is 3.25. The summed E-state index contributed by atoms with van der Waals surface area (Å²) >= 11 is 0. The first-order valence-electron chi connectivity index (χ1n) is 7.63. The summed E-state index contributed by atoms with van der Waals surface area (Å²) < 4.78 is 6.59. The van der Waals surface area contributed by atoms with Gasteiger partial charge in [0, 0.05) is 11.7 Å². The van der Waals surface area contributed by atoms with Crippen LogP contribution in [0, 0.1) is 0 Å². The minimum atomic E-state index is -0.500. The molecule has 5 heteroatoms. The van der Waals surface area contributed by atoms with Crippen LogP contribution in [0.4, 0.5) is 5.69 Å². The molecule has 1 aliphatic heterocycles. The van der Waals surface area contributed by atoms with Crippen LogP contribution in [0.3, 0.4) is 0 Å². The first-order chi connectivity index (χ1) is 11.1. The van der Waals surface area contributed by atoms with Crippen molar-refractivity contribution in [2.75, 3.05) is 4.90 Å². The number of nitrogens with zero attached hydrogens (tertiary/aromatic N) is 2. The lowest BCUT2D eigenvalue weighted by molar-refractivity contribution is -0.119. The van der Waals surface area contributed by atoms with Crippen LogP contribution >= 0.6 is 0 Å². The highest BCUT2D eigenvalue weighted by molar-refractivity contribution is 5.96. The molecule has 0 saturated carbocycles. The molecule has 0 unspecified atom stereocenters. The van der Waals surface area contributed by atoms with Gasteiger partial charge < -0.3 is 9.32 Å². The zero-order chi connectivity index (χ0) is 16.0. The molecule has 1 amide bonds. The van der Waals surface area contributed by atoms with E-state index in [9.17, 15) is 9.59 Å². The fourth-order valence-electron chi connectivity index (χ4n) is 3.32. The van der Waals surface area contributed by atoms with Crippen LogP contribution in [0.25, 0.3) is 11.1 Å². The van der Waals surface area contributed by atoms with E-state index in [0.29, 0.717) is 11.1 Å². The summed E-state index contributed by atoms with van der Waals surface area (Å²) in [6, 6.07) is 15.1. The Morgan fingerprint density at radius 1 is 1.17 bits per heavy atom. The van der Waals surface area contributed by atoms with Crippen LogP contribution in [0.15, 0.2) is 57.7 Å². The number of oxazole rings is 1. The minimum absolute atomic E-state index is 0.0193. The van der Waals surface area contributed by atoms with E-state index in [-0.39, 0.29) is 18.5 Å². The summed E-state index contributed by atoms with van der Waals surface area (Å²) in [6.07, 6.45) is 0.836. The molecule has 0 aliphatic carbocycles. The number of aromatic nitrogens is 1. The van der Waals surface area contributed by atoms with E-state index in [1.54, 1.807) is 23.1 Å². The van der Waals surface area contributed by atoms with Gasteiger partial charge in [0.05, 0.1) is 5.52 Å². The van der Waals surface area contributed by atoms with Crippen molar-refractivity contribution < 1.29 is 9.21 Å². The average molecular weight is 308 g/mol. The molecule has 0 saturated heterocycles. The van der Waals surface area contributed by atoms with Gasteiger partial charge in [0.15, 0.2) is 5.58 Å². The number of fused-ring (bicyclic) bond motifs is 2. The highest BCUT2D eigenvalue weighted by atomic mass is 16.4. The van der Waals surface area contributed by atoms with Gasteiger partial charge in [0.1, 0.15) is 6.54 Å². The molecule has 1 aliphatic rings. The zero-order valence-electron chi connectivity index (χ0n) is 12.7. The van der Waals surface area contributed by atoms with Crippen LogP contribution in [-0.4, -0.2) is 16.5 Å². The first-order valence-corrected chi connectivity index (χ1v) is 7.63. The summed E-state index contributed by atoms with van der Waals surface area (Å²) in [7, 11) is 0. The van der Waals surface area contributed by atoms with Crippen molar-refractivity contribution in [3.63, 3.8) is 0 Å². The second-order valence-electron chi connectivity index (χ2n) is 5.87. The lowest BCUT2D eigenvalue weighted by atomic mass is 10.1. The Kier molecular flexibility index (Phi) is 3.08. The molecule has 2 heterocycles. The monoisotopic (exact) mass is 308 g/mol. The maximum atomic E-state index is 12.8. The molecule has 3 aromatic rings. The molecule has 4 rings (SSSR count). The van der Waals surface area contributed by atoms with Gasteiger partial charge in [-0.15, -0.1) is 0 Å². The number of carbonyl (C=O) groups excluding carboxylic acids is 1. The van der Waals surface area contributed by atoms with Crippen LogP contribution in [-0.2, 0) is 17.8 Å². The van der Waals surface area contributed by atoms with Crippen LogP contribution in [0.1, 0.15) is 12.5 Å². The van der Waals surface area contributed by atoms with Crippen LogP contribution in [0.2, 0.25) is 0 Å². The summed E-state index contributed by atoms with van der Waals surface area (Å²) in [4.78, 5) is 26.6. The van der Waals surface area contributed by atoms with Crippen molar-refractivity contribution in [3.05, 3.63) is 64.6 Å². The van der Waals surface area contributed by atoms with Crippen molar-refractivity contribution in [2.24, 2.45) is 0 Å². The lowest BCUT2D eigenvalue weighted by Crippen LogP contribution is -2.39. The summed E-state index contributed by atoms with van der Waals surface area (Å²) in [5.74, 6) is -0.601. The van der Waals surface area contributed by atoms with E-state index in [0.717, 1.165) is 17.7 Å². The van der Waals surface area contributed by atoms with Crippen molar-refractivity contribution in [2.45, 2.75) is 25.9 Å². The van der Waals surface area contributed by atoms with Gasteiger partial charge in [0.25, 0.3) is 0 Å². The number of hydrogen-bond donors (Lipinski definition) is 0. The number of para-hydroxylation sites is 3. The van der Waals surface area contributed by atoms with Crippen molar-refractivity contribution in [1.29, 1.82) is 0 Å². The van der Waals surface area contributed by atoms with Gasteiger partial charge in [-0.1, -0.05) is 30.3 Å². The smallest absolute Gasteiger partial charge is 0.408 e. The number of hydrogen-bond acceptors (Lipinski definition) is 3. The predicted octanol–water partition coefficient (Wildman–Crippen LogP) is 2.57. The Bertz CT molecular complexity index is 954. The normalized spacial score (nSPS) is 16.7. The number of amides is 1. The fourth-order valence-corrected chi connectivity index (χ4v) is 3.32. The van der Waals surface area contributed by atoms with E-state index in [1.165, 1.54) is 4.57 Å².